The van der Waals surface area contributed by atoms with Crippen molar-refractivity contribution in [3.8, 4) is 5.75 Å². The highest BCUT2D eigenvalue weighted by molar-refractivity contribution is 6.10. The first-order chi connectivity index (χ1) is 23.1. The van der Waals surface area contributed by atoms with Crippen LogP contribution in [0.5, 0.6) is 5.75 Å². The second kappa shape index (κ2) is 12.8. The zero-order valence-corrected chi connectivity index (χ0v) is 27.4. The van der Waals surface area contributed by atoms with E-state index in [1.165, 1.54) is 19.3 Å². The number of aromatic nitrogens is 2. The first-order valence-corrected chi connectivity index (χ1v) is 16.6. The minimum absolute atomic E-state index is 0.148. The van der Waals surface area contributed by atoms with Gasteiger partial charge in [0.2, 0.25) is 5.78 Å². The van der Waals surface area contributed by atoms with E-state index in [-0.39, 0.29) is 23.1 Å². The van der Waals surface area contributed by atoms with Crippen molar-refractivity contribution in [1.29, 1.82) is 0 Å². The molecule has 0 unspecified atom stereocenters. The van der Waals surface area contributed by atoms with E-state index >= 15 is 0 Å². The number of fused-ring (bicyclic) bond motifs is 2. The number of carbonyl (C=O) groups is 3. The van der Waals surface area contributed by atoms with Gasteiger partial charge in [-0.1, -0.05) is 32.3 Å². The second-order valence-corrected chi connectivity index (χ2v) is 13.7. The highest BCUT2D eigenvalue weighted by atomic mass is 16.6. The topological polar surface area (TPSA) is 146 Å². The molecule has 2 fully saturated rings. The molecule has 3 N–H and O–H groups in total. The Hall–Kier alpha value is -5.10. The number of hydrogen-bond donors (Lipinski definition) is 3. The molecule has 0 aliphatic carbocycles. The molecular formula is C36H40N6O6. The number of ketones is 1. The molecule has 2 aliphatic heterocycles. The Kier molecular flexibility index (Phi) is 8.42. The summed E-state index contributed by atoms with van der Waals surface area (Å²) in [7, 11) is 0. The second-order valence-electron chi connectivity index (χ2n) is 13.7. The van der Waals surface area contributed by atoms with Crippen LogP contribution in [-0.2, 0) is 5.41 Å². The van der Waals surface area contributed by atoms with Crippen molar-refractivity contribution in [3.05, 3.63) is 71.8 Å². The molecule has 2 aromatic carbocycles. The van der Waals surface area contributed by atoms with E-state index in [9.17, 15) is 14.4 Å². The molecule has 0 atom stereocenters. The third kappa shape index (κ3) is 6.79. The van der Waals surface area contributed by atoms with Crippen molar-refractivity contribution in [2.24, 2.45) is 0 Å². The van der Waals surface area contributed by atoms with Crippen molar-refractivity contribution in [2.45, 2.75) is 64.3 Å². The zero-order chi connectivity index (χ0) is 33.4. The number of anilines is 2. The minimum atomic E-state index is -0.483. The Labute approximate surface area is 277 Å². The molecule has 0 saturated carbocycles. The van der Waals surface area contributed by atoms with Crippen LogP contribution in [0.25, 0.3) is 21.9 Å². The van der Waals surface area contributed by atoms with Crippen molar-refractivity contribution in [1.82, 2.24) is 19.9 Å². The number of carbonyl (C=O) groups excluding carboxylic acids is 3. The summed E-state index contributed by atoms with van der Waals surface area (Å²) in [5.41, 5.74) is 1.85. The summed E-state index contributed by atoms with van der Waals surface area (Å²) in [6, 6.07) is 15.5. The van der Waals surface area contributed by atoms with Gasteiger partial charge in [0, 0.05) is 52.6 Å². The average Bonchev–Trinajstić information content (AvgIpc) is 3.83. The largest absolute Gasteiger partial charge is 0.453 e. The lowest BCUT2D eigenvalue weighted by Gasteiger charge is -2.39. The molecule has 12 nitrogen and oxygen atoms in total. The molecule has 2 aliphatic rings. The molecule has 5 aromatic rings. The van der Waals surface area contributed by atoms with E-state index in [1.54, 1.807) is 59.5 Å². The first-order valence-electron chi connectivity index (χ1n) is 16.6. The predicted octanol–water partition coefficient (Wildman–Crippen LogP) is 7.52. The number of aromatic amines is 1. The van der Waals surface area contributed by atoms with Crippen molar-refractivity contribution in [3.63, 3.8) is 0 Å². The summed E-state index contributed by atoms with van der Waals surface area (Å²) >= 11 is 0. The van der Waals surface area contributed by atoms with Gasteiger partial charge in [0.05, 0.1) is 5.69 Å². The molecular weight excluding hydrogens is 612 g/mol. The Bertz CT molecular complexity index is 1970. The number of furan rings is 1. The predicted molar refractivity (Wildman–Crippen MR) is 182 cm³/mol. The number of rotatable bonds is 6. The smallest absolute Gasteiger partial charge is 0.415 e. The molecule has 0 spiro atoms. The monoisotopic (exact) mass is 652 g/mol. The van der Waals surface area contributed by atoms with Crippen LogP contribution in [0.2, 0.25) is 0 Å². The Balaban J connectivity index is 0.972. The molecule has 0 bridgehead atoms. The highest BCUT2D eigenvalue weighted by Crippen LogP contribution is 2.29. The number of ether oxygens (including phenoxy) is 1. The van der Waals surface area contributed by atoms with Crippen LogP contribution in [0.4, 0.5) is 21.1 Å². The fourth-order valence-electron chi connectivity index (χ4n) is 6.49. The summed E-state index contributed by atoms with van der Waals surface area (Å²) in [4.78, 5) is 46.5. The number of hydrogen-bond acceptors (Lipinski definition) is 8. The van der Waals surface area contributed by atoms with E-state index in [0.29, 0.717) is 58.8 Å². The Morgan fingerprint density at radius 3 is 2.44 bits per heavy atom. The molecule has 5 heterocycles. The summed E-state index contributed by atoms with van der Waals surface area (Å²) in [5, 5.41) is 10.7. The fraction of sp³-hybridized carbons (Fsp3) is 0.389. The first kappa shape index (κ1) is 31.5. The van der Waals surface area contributed by atoms with E-state index in [1.807, 2.05) is 20.8 Å². The number of H-pyrrole nitrogens is 1. The average molecular weight is 653 g/mol. The third-order valence-corrected chi connectivity index (χ3v) is 9.16. The SMILES string of the molecule is CC(C)(C)c1cc(NC(=O)Nc2ccc3oc(C(=O)c4cc5cc(OC(=O)N6CCC(N7CCCCC7)CC6)ccc5[nH]4)cc3c2)no1. The molecule has 48 heavy (non-hydrogen) atoms. The normalized spacial score (nSPS) is 16.4. The van der Waals surface area contributed by atoms with Crippen LogP contribution in [0, 0.1) is 0 Å². The fourth-order valence-corrected chi connectivity index (χ4v) is 6.49. The van der Waals surface area contributed by atoms with Crippen molar-refractivity contribution >= 4 is 51.3 Å². The van der Waals surface area contributed by atoms with E-state index in [2.05, 4.69) is 25.7 Å². The number of piperidine rings is 2. The number of benzene rings is 2. The maximum absolute atomic E-state index is 13.4. The lowest BCUT2D eigenvalue weighted by molar-refractivity contribution is 0.0878. The molecule has 12 heteroatoms. The van der Waals surface area contributed by atoms with E-state index in [4.69, 9.17) is 13.7 Å². The quantitative estimate of drug-likeness (QED) is 0.160. The highest BCUT2D eigenvalue weighted by Gasteiger charge is 2.29. The summed E-state index contributed by atoms with van der Waals surface area (Å²) in [6.45, 7) is 9.67. The van der Waals surface area contributed by atoms with Crippen molar-refractivity contribution in [2.75, 3.05) is 36.8 Å². The van der Waals surface area contributed by atoms with Crippen LogP contribution >= 0.6 is 0 Å². The number of amides is 3. The van der Waals surface area contributed by atoms with Gasteiger partial charge in [0.25, 0.3) is 0 Å². The van der Waals surface area contributed by atoms with Crippen LogP contribution in [0.1, 0.15) is 74.9 Å². The van der Waals surface area contributed by atoms with Crippen LogP contribution in [0.3, 0.4) is 0 Å². The van der Waals surface area contributed by atoms with Crippen LogP contribution in [-0.4, -0.2) is 70.1 Å². The summed E-state index contributed by atoms with van der Waals surface area (Å²) in [6.07, 6.45) is 5.43. The summed E-state index contributed by atoms with van der Waals surface area (Å²) < 4.78 is 16.9. The number of urea groups is 1. The lowest BCUT2D eigenvalue weighted by Crippen LogP contribution is -2.48. The van der Waals surface area contributed by atoms with Gasteiger partial charge in [0.1, 0.15) is 17.1 Å². The molecule has 250 valence electrons. The lowest BCUT2D eigenvalue weighted by atomic mass is 9.93. The molecule has 2 saturated heterocycles. The zero-order valence-electron chi connectivity index (χ0n) is 27.4. The minimum Gasteiger partial charge on any atom is -0.453 e. The van der Waals surface area contributed by atoms with Gasteiger partial charge >= 0.3 is 12.1 Å². The van der Waals surface area contributed by atoms with Gasteiger partial charge in [-0.2, -0.15) is 0 Å². The van der Waals surface area contributed by atoms with Gasteiger partial charge in [0.15, 0.2) is 11.6 Å². The van der Waals surface area contributed by atoms with Gasteiger partial charge in [-0.15, -0.1) is 0 Å². The number of likely N-dealkylation sites (tertiary alicyclic amines) is 2. The molecule has 3 amide bonds. The number of nitrogens with zero attached hydrogens (tertiary/aromatic N) is 3. The standard InChI is InChI=1S/C36H40N6O6/c1-36(2,3)31-21-32(40-48-31)39-34(44)37-24-7-10-29-23(17-24)20-30(47-29)33(43)28-19-22-18-26(8-9-27(22)38-28)46-35(45)42-15-11-25(12-16-42)41-13-5-4-6-14-41/h7-10,17-21,25,38H,4-6,11-16H2,1-3H3,(H2,37,39,40,44). The van der Waals surface area contributed by atoms with Crippen LogP contribution in [0.15, 0.2) is 63.5 Å². The Morgan fingerprint density at radius 2 is 1.69 bits per heavy atom. The Morgan fingerprint density at radius 1 is 0.896 bits per heavy atom. The van der Waals surface area contributed by atoms with E-state index in [0.717, 1.165) is 36.8 Å². The van der Waals surface area contributed by atoms with E-state index < -0.39 is 6.03 Å². The number of nitrogens with one attached hydrogen (secondary N) is 3. The summed E-state index contributed by atoms with van der Waals surface area (Å²) in [5.74, 6) is 1.21. The third-order valence-electron chi connectivity index (χ3n) is 9.16. The maximum Gasteiger partial charge on any atom is 0.415 e. The van der Waals surface area contributed by atoms with Crippen molar-refractivity contribution < 1.29 is 28.1 Å². The molecule has 3 aromatic heterocycles. The molecule has 0 radical (unpaired) electrons. The van der Waals surface area contributed by atoms with Gasteiger partial charge in [-0.05, 0) is 87.3 Å². The van der Waals surface area contributed by atoms with Gasteiger partial charge < -0.3 is 33.8 Å². The maximum atomic E-state index is 13.4. The van der Waals surface area contributed by atoms with Crippen LogP contribution < -0.4 is 15.4 Å². The molecule has 7 rings (SSSR count). The van der Waals surface area contributed by atoms with Gasteiger partial charge in [-0.25, -0.2) is 9.59 Å². The van der Waals surface area contributed by atoms with Gasteiger partial charge in [-0.3, -0.25) is 10.1 Å².